The number of benzene rings is 1. The molecule has 4 heteroatoms. The summed E-state index contributed by atoms with van der Waals surface area (Å²) in [5.74, 6) is 0.463. The summed E-state index contributed by atoms with van der Waals surface area (Å²) in [5.41, 5.74) is 7.56. The monoisotopic (exact) mass is 206 g/mol. The SMILES string of the molecule is Nc1ccc(CC2CN(C(=O)O)C2)cc1. The molecule has 0 spiro atoms. The fourth-order valence-electron chi connectivity index (χ4n) is 1.84. The van der Waals surface area contributed by atoms with E-state index in [4.69, 9.17) is 10.8 Å². The highest BCUT2D eigenvalue weighted by atomic mass is 16.4. The minimum atomic E-state index is -0.816. The lowest BCUT2D eigenvalue weighted by molar-refractivity contribution is 0.0819. The maximum absolute atomic E-state index is 10.5. The van der Waals surface area contributed by atoms with E-state index in [-0.39, 0.29) is 0 Å². The molecule has 1 aliphatic heterocycles. The van der Waals surface area contributed by atoms with E-state index in [2.05, 4.69) is 0 Å². The number of nitrogens with two attached hydrogens (primary N) is 1. The van der Waals surface area contributed by atoms with Crippen LogP contribution in [0.4, 0.5) is 10.5 Å². The number of hydrogen-bond acceptors (Lipinski definition) is 2. The highest BCUT2D eigenvalue weighted by Crippen LogP contribution is 2.20. The Morgan fingerprint density at radius 2 is 2.00 bits per heavy atom. The summed E-state index contributed by atoms with van der Waals surface area (Å²) < 4.78 is 0. The van der Waals surface area contributed by atoms with Crippen LogP contribution in [0.5, 0.6) is 0 Å². The first kappa shape index (κ1) is 9.83. The summed E-state index contributed by atoms with van der Waals surface area (Å²) in [6.45, 7) is 1.30. The lowest BCUT2D eigenvalue weighted by Gasteiger charge is -2.37. The van der Waals surface area contributed by atoms with Crippen molar-refractivity contribution in [2.45, 2.75) is 6.42 Å². The largest absolute Gasteiger partial charge is 0.465 e. The molecule has 15 heavy (non-hydrogen) atoms. The molecule has 1 heterocycles. The molecule has 0 aliphatic carbocycles. The Morgan fingerprint density at radius 1 is 1.40 bits per heavy atom. The molecule has 0 unspecified atom stereocenters. The van der Waals surface area contributed by atoms with E-state index in [0.717, 1.165) is 12.1 Å². The topological polar surface area (TPSA) is 66.6 Å². The number of nitrogens with zero attached hydrogens (tertiary/aromatic N) is 1. The molecule has 80 valence electrons. The van der Waals surface area contributed by atoms with E-state index >= 15 is 0 Å². The van der Waals surface area contributed by atoms with Crippen molar-refractivity contribution in [3.05, 3.63) is 29.8 Å². The van der Waals surface area contributed by atoms with E-state index in [0.29, 0.717) is 19.0 Å². The number of likely N-dealkylation sites (tertiary alicyclic amines) is 1. The van der Waals surface area contributed by atoms with Crippen molar-refractivity contribution in [2.24, 2.45) is 5.92 Å². The predicted octanol–water partition coefficient (Wildman–Crippen LogP) is 1.42. The Hall–Kier alpha value is -1.71. The average Bonchev–Trinajstić information content (AvgIpc) is 2.13. The molecule has 1 aromatic rings. The summed E-state index contributed by atoms with van der Waals surface area (Å²) in [4.78, 5) is 12.0. The van der Waals surface area contributed by atoms with Crippen LogP contribution in [0.3, 0.4) is 0 Å². The van der Waals surface area contributed by atoms with Gasteiger partial charge in [-0.2, -0.15) is 0 Å². The van der Waals surface area contributed by atoms with Crippen LogP contribution in [0.1, 0.15) is 5.56 Å². The highest BCUT2D eigenvalue weighted by Gasteiger charge is 2.29. The highest BCUT2D eigenvalue weighted by molar-refractivity contribution is 5.66. The number of hydrogen-bond donors (Lipinski definition) is 2. The van der Waals surface area contributed by atoms with Gasteiger partial charge in [0, 0.05) is 18.8 Å². The standard InChI is InChI=1S/C11H14N2O2/c12-10-3-1-8(2-4-10)5-9-6-13(7-9)11(14)15/h1-4,9H,5-7,12H2,(H,14,15). The predicted molar refractivity (Wildman–Crippen MR) is 57.6 cm³/mol. The van der Waals surface area contributed by atoms with Crippen molar-refractivity contribution in [2.75, 3.05) is 18.8 Å². The van der Waals surface area contributed by atoms with Gasteiger partial charge in [-0.1, -0.05) is 12.1 Å². The first-order chi connectivity index (χ1) is 7.15. The van der Waals surface area contributed by atoms with Crippen LogP contribution in [0.25, 0.3) is 0 Å². The number of rotatable bonds is 2. The molecule has 0 saturated carbocycles. The molecule has 4 nitrogen and oxygen atoms in total. The Bertz CT molecular complexity index is 355. The fraction of sp³-hybridized carbons (Fsp3) is 0.364. The Kier molecular flexibility index (Phi) is 2.49. The second-order valence-electron chi connectivity index (χ2n) is 4.00. The molecule has 1 fully saturated rings. The van der Waals surface area contributed by atoms with Gasteiger partial charge in [0.1, 0.15) is 0 Å². The van der Waals surface area contributed by atoms with Crippen molar-refractivity contribution in [3.8, 4) is 0 Å². The molecule has 1 aliphatic rings. The second-order valence-corrected chi connectivity index (χ2v) is 4.00. The van der Waals surface area contributed by atoms with Crippen LogP contribution in [0.15, 0.2) is 24.3 Å². The normalized spacial score (nSPS) is 16.1. The van der Waals surface area contributed by atoms with E-state index < -0.39 is 6.09 Å². The zero-order chi connectivity index (χ0) is 10.8. The van der Waals surface area contributed by atoms with Gasteiger partial charge in [0.05, 0.1) is 0 Å². The van der Waals surface area contributed by atoms with Crippen LogP contribution in [0, 0.1) is 5.92 Å². The van der Waals surface area contributed by atoms with Crippen molar-refractivity contribution >= 4 is 11.8 Å². The summed E-state index contributed by atoms with van der Waals surface area (Å²) >= 11 is 0. The third-order valence-corrected chi connectivity index (χ3v) is 2.73. The molecule has 3 N–H and O–H groups in total. The van der Waals surface area contributed by atoms with E-state index in [1.165, 1.54) is 10.5 Å². The maximum Gasteiger partial charge on any atom is 0.407 e. The van der Waals surface area contributed by atoms with E-state index in [1.807, 2.05) is 24.3 Å². The van der Waals surface area contributed by atoms with Gasteiger partial charge in [-0.15, -0.1) is 0 Å². The van der Waals surface area contributed by atoms with E-state index in [9.17, 15) is 4.79 Å². The first-order valence-electron chi connectivity index (χ1n) is 4.97. The Morgan fingerprint density at radius 3 is 2.53 bits per heavy atom. The molecule has 0 bridgehead atoms. The van der Waals surface area contributed by atoms with Crippen LogP contribution >= 0.6 is 0 Å². The van der Waals surface area contributed by atoms with Crippen molar-refractivity contribution in [1.29, 1.82) is 0 Å². The molecule has 0 radical (unpaired) electrons. The molecule has 0 aromatic heterocycles. The fourth-order valence-corrected chi connectivity index (χ4v) is 1.84. The molecule has 0 atom stereocenters. The number of anilines is 1. The molecule has 2 rings (SSSR count). The van der Waals surface area contributed by atoms with Gasteiger partial charge in [-0.05, 0) is 30.0 Å². The van der Waals surface area contributed by atoms with E-state index in [1.54, 1.807) is 0 Å². The second kappa shape index (κ2) is 3.81. The van der Waals surface area contributed by atoms with Crippen LogP contribution in [-0.2, 0) is 6.42 Å². The molecule has 1 amide bonds. The van der Waals surface area contributed by atoms with Gasteiger partial charge in [0.2, 0.25) is 0 Å². The summed E-state index contributed by atoms with van der Waals surface area (Å²) in [6.07, 6.45) is 0.118. The lowest BCUT2D eigenvalue weighted by atomic mass is 9.92. The number of carboxylic acid groups (broad SMARTS) is 1. The van der Waals surface area contributed by atoms with Gasteiger partial charge < -0.3 is 15.7 Å². The number of nitrogen functional groups attached to an aromatic ring is 1. The lowest BCUT2D eigenvalue weighted by Crippen LogP contribution is -2.50. The molecular formula is C11H14N2O2. The zero-order valence-corrected chi connectivity index (χ0v) is 8.39. The summed E-state index contributed by atoms with van der Waals surface area (Å²) in [6, 6.07) is 7.75. The molecule has 1 saturated heterocycles. The summed E-state index contributed by atoms with van der Waals surface area (Å²) in [7, 11) is 0. The van der Waals surface area contributed by atoms with Crippen molar-refractivity contribution in [3.63, 3.8) is 0 Å². The van der Waals surface area contributed by atoms with Gasteiger partial charge in [0.15, 0.2) is 0 Å². The minimum absolute atomic E-state index is 0.463. The zero-order valence-electron chi connectivity index (χ0n) is 8.39. The third-order valence-electron chi connectivity index (χ3n) is 2.73. The molecule has 1 aromatic carbocycles. The average molecular weight is 206 g/mol. The maximum atomic E-state index is 10.5. The first-order valence-corrected chi connectivity index (χ1v) is 4.97. The number of amides is 1. The molecular weight excluding hydrogens is 192 g/mol. The van der Waals surface area contributed by atoms with Crippen molar-refractivity contribution < 1.29 is 9.90 Å². The van der Waals surface area contributed by atoms with Gasteiger partial charge in [0.25, 0.3) is 0 Å². The Labute approximate surface area is 88.3 Å². The smallest absolute Gasteiger partial charge is 0.407 e. The van der Waals surface area contributed by atoms with Gasteiger partial charge in [-0.3, -0.25) is 0 Å². The third kappa shape index (κ3) is 2.21. The van der Waals surface area contributed by atoms with Gasteiger partial charge in [-0.25, -0.2) is 4.79 Å². The van der Waals surface area contributed by atoms with Gasteiger partial charge >= 0.3 is 6.09 Å². The minimum Gasteiger partial charge on any atom is -0.465 e. The summed E-state index contributed by atoms with van der Waals surface area (Å²) in [5, 5.41) is 8.66. The Balaban J connectivity index is 1.85. The quantitative estimate of drug-likeness (QED) is 0.719. The van der Waals surface area contributed by atoms with Crippen LogP contribution in [-0.4, -0.2) is 29.2 Å². The van der Waals surface area contributed by atoms with Crippen LogP contribution in [0.2, 0.25) is 0 Å². The van der Waals surface area contributed by atoms with Crippen LogP contribution < -0.4 is 5.73 Å². The van der Waals surface area contributed by atoms with Crippen molar-refractivity contribution in [1.82, 2.24) is 4.90 Å². The number of carbonyl (C=O) groups is 1.